The lowest BCUT2D eigenvalue weighted by Gasteiger charge is -2.14. The fraction of sp³-hybridized carbons (Fsp3) is 0.379. The van der Waals surface area contributed by atoms with E-state index in [0.29, 0.717) is 0 Å². The molecule has 0 saturated heterocycles. The van der Waals surface area contributed by atoms with E-state index >= 15 is 0 Å². The van der Waals surface area contributed by atoms with Crippen molar-refractivity contribution >= 4 is 0 Å². The van der Waals surface area contributed by atoms with Gasteiger partial charge in [0.25, 0.3) is 0 Å². The zero-order chi connectivity index (χ0) is 22.1. The lowest BCUT2D eigenvalue weighted by Crippen LogP contribution is -2.09. The summed E-state index contributed by atoms with van der Waals surface area (Å²) in [4.78, 5) is 0. The average Bonchev–Trinajstić information content (AvgIpc) is 2.80. The van der Waals surface area contributed by atoms with Crippen LogP contribution in [0.5, 0.6) is 11.5 Å². The highest BCUT2D eigenvalue weighted by Crippen LogP contribution is 2.30. The van der Waals surface area contributed by atoms with Gasteiger partial charge in [0.15, 0.2) is 0 Å². The Balaban J connectivity index is 1.65. The summed E-state index contributed by atoms with van der Waals surface area (Å²) in [7, 11) is 0. The van der Waals surface area contributed by atoms with Gasteiger partial charge in [-0.1, -0.05) is 75.6 Å². The van der Waals surface area contributed by atoms with Crippen LogP contribution in [-0.2, 0) is 0 Å². The standard InChI is InChI=1S/C29H36O2/c1-5-7-8-9-20-30-27-15-10-24(11-16-27)26-14-19-29(22(3)21-26)25-12-17-28(18-13-25)31-23(4)6-2/h10-19,21,23H,5-9,20H2,1-4H3/t23-/m0/s1. The quantitative estimate of drug-likeness (QED) is 0.292. The first-order chi connectivity index (χ1) is 15.1. The van der Waals surface area contributed by atoms with Crippen molar-refractivity contribution in [3.05, 3.63) is 72.3 Å². The molecule has 0 saturated carbocycles. The molecule has 0 spiro atoms. The monoisotopic (exact) mass is 416 g/mol. The second-order valence-electron chi connectivity index (χ2n) is 8.32. The van der Waals surface area contributed by atoms with Crippen LogP contribution in [0.1, 0.15) is 58.4 Å². The molecule has 2 heteroatoms. The van der Waals surface area contributed by atoms with Gasteiger partial charge in [0.05, 0.1) is 12.7 Å². The van der Waals surface area contributed by atoms with Crippen molar-refractivity contribution < 1.29 is 9.47 Å². The number of unbranched alkanes of at least 4 members (excludes halogenated alkanes) is 3. The van der Waals surface area contributed by atoms with Gasteiger partial charge in [0.1, 0.15) is 11.5 Å². The Labute approximate surface area is 188 Å². The molecule has 0 amide bonds. The maximum atomic E-state index is 5.90. The molecule has 164 valence electrons. The van der Waals surface area contributed by atoms with Crippen molar-refractivity contribution in [1.82, 2.24) is 0 Å². The zero-order valence-corrected chi connectivity index (χ0v) is 19.5. The highest BCUT2D eigenvalue weighted by Gasteiger charge is 2.07. The molecule has 0 bridgehead atoms. The Hall–Kier alpha value is -2.74. The molecule has 0 aliphatic rings. The number of ether oxygens (including phenoxy) is 2. The molecule has 3 rings (SSSR count). The normalized spacial score (nSPS) is 11.9. The largest absolute Gasteiger partial charge is 0.494 e. The van der Waals surface area contributed by atoms with Crippen molar-refractivity contribution in [1.29, 1.82) is 0 Å². The minimum absolute atomic E-state index is 0.240. The summed E-state index contributed by atoms with van der Waals surface area (Å²) >= 11 is 0. The molecule has 0 heterocycles. The molecule has 2 nitrogen and oxygen atoms in total. The van der Waals surface area contributed by atoms with E-state index in [0.717, 1.165) is 30.9 Å². The predicted octanol–water partition coefficient (Wildman–Crippen LogP) is 8.47. The van der Waals surface area contributed by atoms with Crippen molar-refractivity contribution in [3.8, 4) is 33.8 Å². The number of benzene rings is 3. The third kappa shape index (κ3) is 6.62. The summed E-state index contributed by atoms with van der Waals surface area (Å²) in [6.45, 7) is 9.44. The van der Waals surface area contributed by atoms with E-state index in [1.165, 1.54) is 47.1 Å². The number of aryl methyl sites for hydroxylation is 1. The molecule has 3 aromatic rings. The summed E-state index contributed by atoms with van der Waals surface area (Å²) in [5.74, 6) is 1.88. The summed E-state index contributed by atoms with van der Waals surface area (Å²) < 4.78 is 11.8. The smallest absolute Gasteiger partial charge is 0.119 e. The SMILES string of the molecule is CCCCCCOc1ccc(-c2ccc(-c3ccc(O[C@@H](C)CC)cc3)c(C)c2)cc1. The van der Waals surface area contributed by atoms with Crippen LogP contribution in [0.25, 0.3) is 22.3 Å². The van der Waals surface area contributed by atoms with Crippen LogP contribution in [0, 0.1) is 6.92 Å². The van der Waals surface area contributed by atoms with Crippen LogP contribution in [0.4, 0.5) is 0 Å². The lowest BCUT2D eigenvalue weighted by atomic mass is 9.95. The second kappa shape index (κ2) is 11.6. The van der Waals surface area contributed by atoms with Crippen molar-refractivity contribution in [3.63, 3.8) is 0 Å². The molecule has 0 aliphatic carbocycles. The van der Waals surface area contributed by atoms with E-state index in [-0.39, 0.29) is 6.10 Å². The maximum Gasteiger partial charge on any atom is 0.119 e. The van der Waals surface area contributed by atoms with Gasteiger partial charge >= 0.3 is 0 Å². The Kier molecular flexibility index (Phi) is 8.58. The van der Waals surface area contributed by atoms with E-state index in [2.05, 4.69) is 94.4 Å². The maximum absolute atomic E-state index is 5.90. The summed E-state index contributed by atoms with van der Waals surface area (Å²) in [6.07, 6.45) is 6.16. The van der Waals surface area contributed by atoms with E-state index in [1.807, 2.05) is 0 Å². The van der Waals surface area contributed by atoms with Crippen LogP contribution >= 0.6 is 0 Å². The number of rotatable bonds is 11. The van der Waals surface area contributed by atoms with Crippen LogP contribution in [0.3, 0.4) is 0 Å². The van der Waals surface area contributed by atoms with Gasteiger partial charge in [-0.3, -0.25) is 0 Å². The lowest BCUT2D eigenvalue weighted by molar-refractivity contribution is 0.217. The Morgan fingerprint density at radius 1 is 0.710 bits per heavy atom. The first-order valence-corrected chi connectivity index (χ1v) is 11.7. The number of hydrogen-bond donors (Lipinski definition) is 0. The molecule has 0 aliphatic heterocycles. The first-order valence-electron chi connectivity index (χ1n) is 11.7. The van der Waals surface area contributed by atoms with Crippen LogP contribution < -0.4 is 9.47 Å². The molecular weight excluding hydrogens is 380 g/mol. The Morgan fingerprint density at radius 2 is 1.35 bits per heavy atom. The van der Waals surface area contributed by atoms with Crippen LogP contribution in [0.2, 0.25) is 0 Å². The minimum atomic E-state index is 0.240. The van der Waals surface area contributed by atoms with Crippen LogP contribution in [0.15, 0.2) is 66.7 Å². The van der Waals surface area contributed by atoms with Crippen molar-refractivity contribution in [2.75, 3.05) is 6.61 Å². The van der Waals surface area contributed by atoms with Gasteiger partial charge < -0.3 is 9.47 Å². The van der Waals surface area contributed by atoms with Gasteiger partial charge in [-0.05, 0) is 78.8 Å². The first kappa shape index (κ1) is 22.9. The van der Waals surface area contributed by atoms with E-state index < -0.39 is 0 Å². The highest BCUT2D eigenvalue weighted by molar-refractivity contribution is 5.74. The molecular formula is C29H36O2. The molecule has 0 fully saturated rings. The third-order valence-corrected chi connectivity index (χ3v) is 5.76. The van der Waals surface area contributed by atoms with Gasteiger partial charge in [-0.25, -0.2) is 0 Å². The highest BCUT2D eigenvalue weighted by atomic mass is 16.5. The molecule has 3 aromatic carbocycles. The Bertz CT molecular complexity index is 926. The summed E-state index contributed by atoms with van der Waals surface area (Å²) in [5.41, 5.74) is 6.18. The van der Waals surface area contributed by atoms with Gasteiger partial charge in [-0.15, -0.1) is 0 Å². The van der Waals surface area contributed by atoms with E-state index in [4.69, 9.17) is 9.47 Å². The van der Waals surface area contributed by atoms with E-state index in [1.54, 1.807) is 0 Å². The zero-order valence-electron chi connectivity index (χ0n) is 19.5. The molecule has 0 radical (unpaired) electrons. The topological polar surface area (TPSA) is 18.5 Å². The summed E-state index contributed by atoms with van der Waals surface area (Å²) in [5, 5.41) is 0. The van der Waals surface area contributed by atoms with E-state index in [9.17, 15) is 0 Å². The molecule has 1 atom stereocenters. The van der Waals surface area contributed by atoms with Gasteiger partial charge in [-0.2, -0.15) is 0 Å². The molecule has 0 unspecified atom stereocenters. The molecule has 0 aromatic heterocycles. The van der Waals surface area contributed by atoms with Crippen molar-refractivity contribution in [2.45, 2.75) is 65.9 Å². The van der Waals surface area contributed by atoms with Gasteiger partial charge in [0, 0.05) is 0 Å². The fourth-order valence-electron chi connectivity index (χ4n) is 3.66. The van der Waals surface area contributed by atoms with Crippen molar-refractivity contribution in [2.24, 2.45) is 0 Å². The summed E-state index contributed by atoms with van der Waals surface area (Å²) in [6, 6.07) is 23.6. The molecule has 0 N–H and O–H groups in total. The second-order valence-corrected chi connectivity index (χ2v) is 8.32. The molecule has 31 heavy (non-hydrogen) atoms. The predicted molar refractivity (Wildman–Crippen MR) is 132 cm³/mol. The third-order valence-electron chi connectivity index (χ3n) is 5.76. The van der Waals surface area contributed by atoms with Gasteiger partial charge in [0.2, 0.25) is 0 Å². The fourth-order valence-corrected chi connectivity index (χ4v) is 3.66. The van der Waals surface area contributed by atoms with Crippen LogP contribution in [-0.4, -0.2) is 12.7 Å². The Morgan fingerprint density at radius 3 is 2.00 bits per heavy atom. The minimum Gasteiger partial charge on any atom is -0.494 e. The average molecular weight is 417 g/mol. The number of hydrogen-bond acceptors (Lipinski definition) is 2.